The molecule has 0 aliphatic carbocycles. The number of hydrogen-bond acceptors (Lipinski definition) is 12. The van der Waals surface area contributed by atoms with E-state index in [-0.39, 0.29) is 19.0 Å². The lowest BCUT2D eigenvalue weighted by molar-refractivity contribution is -0.0925. The zero-order valence-corrected chi connectivity index (χ0v) is 19.7. The van der Waals surface area contributed by atoms with Gasteiger partial charge in [0.25, 0.3) is 0 Å². The molecule has 13 nitrogen and oxygen atoms in total. The second-order valence-corrected chi connectivity index (χ2v) is 10.3. The number of fused-ring (bicyclic) bond motifs is 2. The predicted octanol–water partition coefficient (Wildman–Crippen LogP) is 3.04. The second-order valence-electron chi connectivity index (χ2n) is 8.70. The van der Waals surface area contributed by atoms with Crippen LogP contribution in [0, 0.1) is 5.82 Å². The molecule has 6 rings (SSSR count). The Balaban J connectivity index is 1.23. The molecule has 1 aromatic carbocycles. The van der Waals surface area contributed by atoms with Crippen LogP contribution in [-0.2, 0) is 32.3 Å². The maximum absolute atomic E-state index is 13.7. The molecule has 0 spiro atoms. The molecule has 1 unspecified atom stereocenters. The molecule has 3 aliphatic rings. The van der Waals surface area contributed by atoms with Crippen molar-refractivity contribution >= 4 is 31.0 Å². The highest BCUT2D eigenvalue weighted by atomic mass is 31.2. The van der Waals surface area contributed by atoms with Gasteiger partial charge in [0.2, 0.25) is 0 Å². The van der Waals surface area contributed by atoms with Gasteiger partial charge in [-0.05, 0) is 24.6 Å². The summed E-state index contributed by atoms with van der Waals surface area (Å²) in [6, 6.07) is 5.81. The summed E-state index contributed by atoms with van der Waals surface area (Å²) in [6.45, 7) is 1.40. The smallest absolute Gasteiger partial charge is 0.424 e. The Bertz CT molecular complexity index is 1390. The van der Waals surface area contributed by atoms with E-state index in [1.807, 2.05) is 0 Å². The van der Waals surface area contributed by atoms with Crippen LogP contribution in [0.4, 0.5) is 15.0 Å². The summed E-state index contributed by atoms with van der Waals surface area (Å²) in [5.41, 5.74) is 5.82. The molecule has 3 fully saturated rings. The second kappa shape index (κ2) is 8.46. The number of carbonyl (C=O) groups is 1. The number of anilines is 1. The third-order valence-corrected chi connectivity index (χ3v) is 7.84. The molecule has 3 aromatic rings. The van der Waals surface area contributed by atoms with Crippen molar-refractivity contribution in [2.24, 2.45) is 0 Å². The number of phosphoric ester groups is 1. The van der Waals surface area contributed by atoms with Gasteiger partial charge in [0.1, 0.15) is 23.8 Å². The summed E-state index contributed by atoms with van der Waals surface area (Å²) in [6.07, 6.45) is -1.23. The van der Waals surface area contributed by atoms with Crippen LogP contribution in [0.5, 0.6) is 0 Å². The first-order chi connectivity index (χ1) is 17.3. The Kier molecular flexibility index (Phi) is 5.46. The summed E-state index contributed by atoms with van der Waals surface area (Å²) in [7, 11) is -4.04. The minimum atomic E-state index is -4.04. The van der Waals surface area contributed by atoms with E-state index in [4.69, 9.17) is 33.5 Å². The summed E-state index contributed by atoms with van der Waals surface area (Å²) in [4.78, 5) is 24.5. The molecule has 6 atom stereocenters. The van der Waals surface area contributed by atoms with Crippen LogP contribution in [0.3, 0.4) is 0 Å². The lowest BCUT2D eigenvalue weighted by Crippen LogP contribution is -2.42. The van der Waals surface area contributed by atoms with E-state index in [0.29, 0.717) is 23.1 Å². The third-order valence-electron chi connectivity index (χ3n) is 6.37. The van der Waals surface area contributed by atoms with Crippen LogP contribution in [0.15, 0.2) is 36.9 Å². The quantitative estimate of drug-likeness (QED) is 0.387. The Morgan fingerprint density at radius 3 is 3.03 bits per heavy atom. The van der Waals surface area contributed by atoms with Crippen LogP contribution >= 0.6 is 7.82 Å². The van der Waals surface area contributed by atoms with Gasteiger partial charge in [-0.2, -0.15) is 0 Å². The molecule has 3 aliphatic heterocycles. The van der Waals surface area contributed by atoms with E-state index in [1.165, 1.54) is 30.9 Å². The summed E-state index contributed by atoms with van der Waals surface area (Å²) >= 11 is 0. The first kappa shape index (κ1) is 23.3. The molecular formula is C21H21FN5O8P. The maximum Gasteiger partial charge on any atom is 0.509 e. The number of nitrogens with two attached hydrogens (primary N) is 1. The van der Waals surface area contributed by atoms with Crippen LogP contribution in [0.2, 0.25) is 0 Å². The lowest BCUT2D eigenvalue weighted by Gasteiger charge is -2.29. The molecule has 2 aromatic heterocycles. The molecule has 0 amide bonds. The molecule has 190 valence electrons. The fourth-order valence-electron chi connectivity index (χ4n) is 4.68. The number of carbonyl (C=O) groups excluding carboxylic acids is 1. The molecule has 15 heteroatoms. The number of ether oxygens (including phenoxy) is 3. The topological polar surface area (TPSA) is 159 Å². The van der Waals surface area contributed by atoms with Gasteiger partial charge in [0, 0.05) is 6.42 Å². The highest BCUT2D eigenvalue weighted by molar-refractivity contribution is 7.48. The van der Waals surface area contributed by atoms with E-state index in [0.717, 1.165) is 0 Å². The number of nitrogen functional groups attached to an aromatic ring is 1. The molecule has 0 bridgehead atoms. The summed E-state index contributed by atoms with van der Waals surface area (Å²) in [5, 5.41) is 0. The Morgan fingerprint density at radius 2 is 2.19 bits per heavy atom. The van der Waals surface area contributed by atoms with Crippen LogP contribution in [0.25, 0.3) is 11.2 Å². The standard InChI is InChI=1S/C21H21FN5O8P/c1-21-16(33-20(28)34-21)14(32-19(21)27-10-26-15-17(23)24-9-25-18(15)27)8-31-36(29)30-6-5-13(35-36)11-3-2-4-12(22)7-11/h2-4,7,9-10,13-14,16,19H,5-6,8H2,1H3,(H2,23,24,25)/t13-,14+,16+,19+,21+,36?/m0/s1. The number of aromatic nitrogens is 4. The number of hydrogen-bond donors (Lipinski definition) is 1. The van der Waals surface area contributed by atoms with E-state index in [1.54, 1.807) is 17.6 Å². The number of halogens is 1. The first-order valence-corrected chi connectivity index (χ1v) is 12.5. The molecule has 0 saturated carbocycles. The fraction of sp³-hybridized carbons (Fsp3) is 0.429. The minimum absolute atomic E-state index is 0.0774. The normalized spacial score (nSPS) is 33.9. The van der Waals surface area contributed by atoms with Crippen LogP contribution in [-0.4, -0.2) is 56.7 Å². The molecule has 2 N–H and O–H groups in total. The first-order valence-electron chi connectivity index (χ1n) is 11.1. The van der Waals surface area contributed by atoms with Crippen molar-refractivity contribution in [3.05, 3.63) is 48.3 Å². The Labute approximate surface area is 203 Å². The van der Waals surface area contributed by atoms with Crippen LogP contribution in [0.1, 0.15) is 31.2 Å². The molecule has 0 radical (unpaired) electrons. The highest BCUT2D eigenvalue weighted by Gasteiger charge is 2.64. The molecule has 36 heavy (non-hydrogen) atoms. The van der Waals surface area contributed by atoms with Gasteiger partial charge < -0.3 is 19.9 Å². The van der Waals surface area contributed by atoms with Crippen molar-refractivity contribution in [3.63, 3.8) is 0 Å². The highest BCUT2D eigenvalue weighted by Crippen LogP contribution is 2.58. The number of nitrogens with zero attached hydrogens (tertiary/aromatic N) is 4. The van der Waals surface area contributed by atoms with Gasteiger partial charge in [0.05, 0.1) is 25.6 Å². The minimum Gasteiger partial charge on any atom is -0.424 e. The average Bonchev–Trinajstić information content (AvgIpc) is 3.48. The van der Waals surface area contributed by atoms with E-state index in [9.17, 15) is 13.8 Å². The zero-order chi connectivity index (χ0) is 25.1. The molecule has 5 heterocycles. The zero-order valence-electron chi connectivity index (χ0n) is 18.9. The van der Waals surface area contributed by atoms with Crippen molar-refractivity contribution in [1.29, 1.82) is 0 Å². The van der Waals surface area contributed by atoms with Gasteiger partial charge in [0.15, 0.2) is 29.4 Å². The predicted molar refractivity (Wildman–Crippen MR) is 118 cm³/mol. The number of imidazole rings is 1. The lowest BCUT2D eigenvalue weighted by atomic mass is 9.96. The van der Waals surface area contributed by atoms with Gasteiger partial charge >= 0.3 is 14.0 Å². The van der Waals surface area contributed by atoms with Crippen molar-refractivity contribution in [2.45, 2.75) is 43.5 Å². The van der Waals surface area contributed by atoms with Gasteiger partial charge in [-0.25, -0.2) is 28.7 Å². The average molecular weight is 521 g/mol. The van der Waals surface area contributed by atoms with E-state index >= 15 is 0 Å². The SMILES string of the molecule is C[C@@]12OC(=O)O[C@@H]1[C@@H](COP1(=O)OCC[C@@H](c3cccc(F)c3)O1)O[C@H]2n1cnc2c(N)ncnc21. The van der Waals surface area contributed by atoms with Crippen molar-refractivity contribution < 1.29 is 41.5 Å². The Hall–Kier alpha value is -3.16. The fourth-order valence-corrected chi connectivity index (χ4v) is 6.07. The Morgan fingerprint density at radius 1 is 1.33 bits per heavy atom. The maximum atomic E-state index is 13.7. The van der Waals surface area contributed by atoms with Crippen molar-refractivity contribution in [1.82, 2.24) is 19.5 Å². The largest absolute Gasteiger partial charge is 0.509 e. The molecule has 3 saturated heterocycles. The summed E-state index contributed by atoms with van der Waals surface area (Å²) < 4.78 is 61.9. The number of rotatable bonds is 5. The summed E-state index contributed by atoms with van der Waals surface area (Å²) in [5.74, 6) is -0.263. The van der Waals surface area contributed by atoms with Gasteiger partial charge in [-0.1, -0.05) is 12.1 Å². The van der Waals surface area contributed by atoms with E-state index in [2.05, 4.69) is 15.0 Å². The monoisotopic (exact) mass is 521 g/mol. The molecular weight excluding hydrogens is 500 g/mol. The van der Waals surface area contributed by atoms with Gasteiger partial charge in [-0.3, -0.25) is 18.1 Å². The van der Waals surface area contributed by atoms with Gasteiger partial charge in [-0.15, -0.1) is 0 Å². The van der Waals surface area contributed by atoms with E-state index < -0.39 is 49.9 Å². The van der Waals surface area contributed by atoms with Crippen LogP contribution < -0.4 is 5.73 Å². The van der Waals surface area contributed by atoms with Crippen molar-refractivity contribution in [3.8, 4) is 0 Å². The third kappa shape index (κ3) is 3.82. The van der Waals surface area contributed by atoms with Crippen molar-refractivity contribution in [2.75, 3.05) is 18.9 Å². The number of benzene rings is 1. The number of phosphoric acid groups is 1.